The van der Waals surface area contributed by atoms with Crippen LogP contribution in [-0.4, -0.2) is 26.5 Å². The predicted octanol–water partition coefficient (Wildman–Crippen LogP) is 1.18. The van der Waals surface area contributed by atoms with Gasteiger partial charge in [-0.1, -0.05) is 34.6 Å². The third kappa shape index (κ3) is 6.62. The molecule has 4 nitrogen and oxygen atoms in total. The Morgan fingerprint density at radius 3 is 2.07 bits per heavy atom. The topological polar surface area (TPSA) is 63.2 Å². The normalized spacial score (nSPS) is 13.2. The van der Waals surface area contributed by atoms with Crippen molar-refractivity contribution in [2.24, 2.45) is 11.3 Å². The van der Waals surface area contributed by atoms with Crippen LogP contribution >= 0.6 is 0 Å². The van der Waals surface area contributed by atoms with Gasteiger partial charge in [-0.25, -0.2) is 13.1 Å². The van der Waals surface area contributed by atoms with E-state index in [2.05, 4.69) is 4.72 Å². The van der Waals surface area contributed by atoms with Crippen molar-refractivity contribution in [3.8, 4) is 0 Å². The first kappa shape index (κ1) is 14.6. The van der Waals surface area contributed by atoms with Gasteiger partial charge in [0.25, 0.3) is 0 Å². The van der Waals surface area contributed by atoms with Gasteiger partial charge in [-0.2, -0.15) is 0 Å². The van der Waals surface area contributed by atoms with Crippen molar-refractivity contribution < 1.29 is 13.2 Å². The van der Waals surface area contributed by atoms with E-state index in [9.17, 15) is 13.2 Å². The Bertz CT molecular complexity index is 312. The van der Waals surface area contributed by atoms with Crippen LogP contribution in [0.5, 0.6) is 0 Å². The number of Topliss-reactive ketones (excluding diaryl/α,β-unsaturated/α-hetero) is 1. The van der Waals surface area contributed by atoms with E-state index in [-0.39, 0.29) is 24.0 Å². The monoisotopic (exact) mass is 235 g/mol. The van der Waals surface area contributed by atoms with Gasteiger partial charge in [0.1, 0.15) is 0 Å². The van der Waals surface area contributed by atoms with E-state index < -0.39 is 15.4 Å². The number of rotatable bonds is 5. The zero-order valence-corrected chi connectivity index (χ0v) is 10.9. The van der Waals surface area contributed by atoms with Crippen molar-refractivity contribution in [3.05, 3.63) is 0 Å². The van der Waals surface area contributed by atoms with Crippen molar-refractivity contribution in [3.63, 3.8) is 0 Å². The first-order chi connectivity index (χ1) is 6.54. The van der Waals surface area contributed by atoms with Gasteiger partial charge in [0, 0.05) is 5.41 Å². The summed E-state index contributed by atoms with van der Waals surface area (Å²) in [5.74, 6) is 0.0202. The Morgan fingerprint density at radius 2 is 1.73 bits per heavy atom. The van der Waals surface area contributed by atoms with Gasteiger partial charge in [-0.05, 0) is 5.92 Å². The van der Waals surface area contributed by atoms with Crippen LogP contribution in [0.3, 0.4) is 0 Å². The van der Waals surface area contributed by atoms with Crippen molar-refractivity contribution >= 4 is 15.8 Å². The molecule has 0 rings (SSSR count). The summed E-state index contributed by atoms with van der Waals surface area (Å²) in [7, 11) is -3.31. The fourth-order valence-electron chi connectivity index (χ4n) is 0.938. The van der Waals surface area contributed by atoms with Gasteiger partial charge in [0.05, 0.1) is 12.3 Å². The highest BCUT2D eigenvalue weighted by Crippen LogP contribution is 2.13. The lowest BCUT2D eigenvalue weighted by molar-refractivity contribution is -0.125. The molecular formula is C10H21NO3S. The molecule has 15 heavy (non-hydrogen) atoms. The van der Waals surface area contributed by atoms with Crippen LogP contribution in [0.25, 0.3) is 0 Å². The molecule has 0 aromatic heterocycles. The summed E-state index contributed by atoms with van der Waals surface area (Å²) in [5, 5.41) is 0. The van der Waals surface area contributed by atoms with E-state index in [1.54, 1.807) is 20.8 Å². The lowest BCUT2D eigenvalue weighted by Gasteiger charge is -2.17. The lowest BCUT2D eigenvalue weighted by atomic mass is 9.91. The molecule has 0 atom stereocenters. The maximum atomic E-state index is 11.5. The molecule has 0 spiro atoms. The summed E-state index contributed by atoms with van der Waals surface area (Å²) in [4.78, 5) is 11.5. The summed E-state index contributed by atoms with van der Waals surface area (Å²) < 4.78 is 25.1. The second-order valence-corrected chi connectivity index (χ2v) is 7.02. The molecule has 0 aliphatic carbocycles. The molecule has 0 radical (unpaired) electrons. The Balaban J connectivity index is 4.23. The van der Waals surface area contributed by atoms with Crippen LogP contribution in [0.15, 0.2) is 0 Å². The molecule has 0 heterocycles. The maximum absolute atomic E-state index is 11.5. The number of carbonyl (C=O) groups is 1. The second kappa shape index (κ2) is 5.07. The predicted molar refractivity (Wildman–Crippen MR) is 61.1 cm³/mol. The number of hydrogen-bond acceptors (Lipinski definition) is 3. The van der Waals surface area contributed by atoms with Gasteiger partial charge in [0.2, 0.25) is 10.0 Å². The highest BCUT2D eigenvalue weighted by atomic mass is 32.2. The van der Waals surface area contributed by atoms with E-state index in [4.69, 9.17) is 0 Å². The fraction of sp³-hybridized carbons (Fsp3) is 0.900. The molecule has 0 fully saturated rings. The minimum absolute atomic E-state index is 0.0599. The van der Waals surface area contributed by atoms with E-state index in [0.29, 0.717) is 0 Å². The molecule has 0 aromatic rings. The zero-order valence-electron chi connectivity index (χ0n) is 10.1. The molecule has 90 valence electrons. The minimum atomic E-state index is -3.31. The molecular weight excluding hydrogens is 214 g/mol. The van der Waals surface area contributed by atoms with Crippen molar-refractivity contribution in [1.29, 1.82) is 0 Å². The van der Waals surface area contributed by atoms with Crippen LogP contribution in [0.2, 0.25) is 0 Å². The molecule has 0 aliphatic heterocycles. The maximum Gasteiger partial charge on any atom is 0.212 e. The van der Waals surface area contributed by atoms with Crippen molar-refractivity contribution in [1.82, 2.24) is 4.72 Å². The molecule has 0 aromatic carbocycles. The van der Waals surface area contributed by atoms with Crippen LogP contribution in [0.1, 0.15) is 34.6 Å². The van der Waals surface area contributed by atoms with E-state index in [1.807, 2.05) is 13.8 Å². The number of ketones is 1. The van der Waals surface area contributed by atoms with Crippen LogP contribution in [-0.2, 0) is 14.8 Å². The fourth-order valence-corrected chi connectivity index (χ4v) is 2.28. The summed E-state index contributed by atoms with van der Waals surface area (Å²) in [5.41, 5.74) is -0.500. The summed E-state index contributed by atoms with van der Waals surface area (Å²) >= 11 is 0. The van der Waals surface area contributed by atoms with Gasteiger partial charge in [-0.15, -0.1) is 0 Å². The molecule has 0 saturated heterocycles. The molecule has 0 saturated carbocycles. The highest BCUT2D eigenvalue weighted by molar-refractivity contribution is 7.89. The van der Waals surface area contributed by atoms with E-state index in [1.165, 1.54) is 0 Å². The van der Waals surface area contributed by atoms with Gasteiger partial charge in [0.15, 0.2) is 5.78 Å². The van der Waals surface area contributed by atoms with Gasteiger partial charge >= 0.3 is 0 Å². The first-order valence-corrected chi connectivity index (χ1v) is 6.70. The minimum Gasteiger partial charge on any atom is -0.298 e. The van der Waals surface area contributed by atoms with Crippen LogP contribution in [0.4, 0.5) is 0 Å². The lowest BCUT2D eigenvalue weighted by Crippen LogP contribution is -2.37. The Morgan fingerprint density at radius 1 is 1.27 bits per heavy atom. The van der Waals surface area contributed by atoms with Gasteiger partial charge < -0.3 is 0 Å². The molecule has 0 bridgehead atoms. The number of nitrogens with one attached hydrogen (secondary N) is 1. The SMILES string of the molecule is CC(C)CS(=O)(=O)NCC(=O)C(C)(C)C. The first-order valence-electron chi connectivity index (χ1n) is 5.05. The third-order valence-corrected chi connectivity index (χ3v) is 3.53. The molecule has 1 N–H and O–H groups in total. The average Bonchev–Trinajstić information content (AvgIpc) is 1.95. The molecule has 0 amide bonds. The van der Waals surface area contributed by atoms with E-state index >= 15 is 0 Å². The average molecular weight is 235 g/mol. The van der Waals surface area contributed by atoms with Gasteiger partial charge in [-0.3, -0.25) is 4.79 Å². The number of hydrogen-bond donors (Lipinski definition) is 1. The second-order valence-electron chi connectivity index (χ2n) is 5.17. The highest BCUT2D eigenvalue weighted by Gasteiger charge is 2.23. The van der Waals surface area contributed by atoms with E-state index in [0.717, 1.165) is 0 Å². The Hall–Kier alpha value is -0.420. The Kier molecular flexibility index (Phi) is 4.93. The molecule has 0 unspecified atom stereocenters. The largest absolute Gasteiger partial charge is 0.298 e. The van der Waals surface area contributed by atoms with Crippen molar-refractivity contribution in [2.75, 3.05) is 12.3 Å². The Labute approximate surface area is 92.5 Å². The summed E-state index contributed by atoms with van der Waals surface area (Å²) in [6, 6.07) is 0. The van der Waals surface area contributed by atoms with Crippen LogP contribution in [0, 0.1) is 11.3 Å². The molecule has 0 aliphatic rings. The van der Waals surface area contributed by atoms with Crippen molar-refractivity contribution in [2.45, 2.75) is 34.6 Å². The smallest absolute Gasteiger partial charge is 0.212 e. The quantitative estimate of drug-likeness (QED) is 0.778. The van der Waals surface area contributed by atoms with Crippen LogP contribution < -0.4 is 4.72 Å². The number of sulfonamides is 1. The summed E-state index contributed by atoms with van der Waals surface area (Å²) in [6.45, 7) is 8.85. The zero-order chi connectivity index (χ0) is 12.3. The third-order valence-electron chi connectivity index (χ3n) is 1.84. The summed E-state index contributed by atoms with van der Waals surface area (Å²) in [6.07, 6.45) is 0. The molecule has 5 heteroatoms. The number of carbonyl (C=O) groups excluding carboxylic acids is 1. The standard InChI is InChI=1S/C10H21NO3S/c1-8(2)7-15(13,14)11-6-9(12)10(3,4)5/h8,11H,6-7H2,1-5H3.